The van der Waals surface area contributed by atoms with Crippen molar-refractivity contribution in [3.63, 3.8) is 0 Å². The molecule has 0 aromatic heterocycles. The fraction of sp³-hybridized carbons (Fsp3) is 0.0833. The molecule has 64 valence electrons. The first-order chi connectivity index (χ1) is 6.36. The number of allylic oxidation sites excluding steroid dienone is 4. The van der Waals surface area contributed by atoms with Crippen molar-refractivity contribution in [1.29, 1.82) is 0 Å². The zero-order chi connectivity index (χ0) is 9.10. The monoisotopic (exact) mass is 186 g/mol. The minimum Gasteiger partial charge on any atom is -0.0846 e. The maximum absolute atomic E-state index is 5.16. The molecule has 0 N–H and O–H groups in total. The van der Waals surface area contributed by atoms with E-state index in [-0.39, 0.29) is 0 Å². The van der Waals surface area contributed by atoms with Crippen LogP contribution in [0.2, 0.25) is 0 Å². The summed E-state index contributed by atoms with van der Waals surface area (Å²) in [4.78, 5) is 1.02. The van der Waals surface area contributed by atoms with E-state index in [0.717, 1.165) is 11.3 Å². The lowest BCUT2D eigenvalue weighted by molar-refractivity contribution is 1.47. The summed E-state index contributed by atoms with van der Waals surface area (Å²) in [5.74, 6) is 0. The standard InChI is InChI=1S/C12H10S/c13-12-8-4-7-11(9-12)10-5-2-1-3-6-10/h1-8H,9H2. The second kappa shape index (κ2) is 3.67. The molecule has 1 aliphatic carbocycles. The Morgan fingerprint density at radius 3 is 2.54 bits per heavy atom. The molecule has 0 unspecified atom stereocenters. The molecule has 13 heavy (non-hydrogen) atoms. The molecule has 0 heterocycles. The predicted molar refractivity (Wildman–Crippen MR) is 60.8 cm³/mol. The predicted octanol–water partition coefficient (Wildman–Crippen LogP) is 3.40. The summed E-state index contributed by atoms with van der Waals surface area (Å²) in [7, 11) is 0. The van der Waals surface area contributed by atoms with Gasteiger partial charge in [0.2, 0.25) is 0 Å². The summed E-state index contributed by atoms with van der Waals surface area (Å²) in [5.41, 5.74) is 2.59. The van der Waals surface area contributed by atoms with Gasteiger partial charge in [-0.2, -0.15) is 0 Å². The third-order valence-electron chi connectivity index (χ3n) is 2.09. The highest BCUT2D eigenvalue weighted by molar-refractivity contribution is 7.80. The summed E-state index contributed by atoms with van der Waals surface area (Å²) >= 11 is 5.16. The van der Waals surface area contributed by atoms with Crippen LogP contribution in [0.25, 0.3) is 5.57 Å². The van der Waals surface area contributed by atoms with E-state index in [4.69, 9.17) is 12.2 Å². The van der Waals surface area contributed by atoms with Crippen LogP contribution < -0.4 is 0 Å². The van der Waals surface area contributed by atoms with Crippen molar-refractivity contribution < 1.29 is 0 Å². The fourth-order valence-electron chi connectivity index (χ4n) is 1.43. The smallest absolute Gasteiger partial charge is 0.0196 e. The molecule has 0 bridgehead atoms. The Morgan fingerprint density at radius 1 is 1.08 bits per heavy atom. The van der Waals surface area contributed by atoms with Crippen LogP contribution in [-0.4, -0.2) is 4.86 Å². The van der Waals surface area contributed by atoms with Gasteiger partial charge >= 0.3 is 0 Å². The Bertz CT molecular complexity index is 371. The van der Waals surface area contributed by atoms with E-state index in [1.165, 1.54) is 11.1 Å². The SMILES string of the molecule is S=C1C=CC=C(c2ccccc2)C1. The second-order valence-electron chi connectivity index (χ2n) is 3.06. The van der Waals surface area contributed by atoms with Crippen molar-refractivity contribution in [3.8, 4) is 0 Å². The normalized spacial score (nSPS) is 15.7. The Balaban J connectivity index is 2.33. The molecule has 0 nitrogen and oxygen atoms in total. The first-order valence-electron chi connectivity index (χ1n) is 4.32. The highest BCUT2D eigenvalue weighted by Crippen LogP contribution is 2.21. The van der Waals surface area contributed by atoms with Crippen LogP contribution in [-0.2, 0) is 0 Å². The molecule has 0 saturated heterocycles. The number of benzene rings is 1. The molecule has 1 aromatic rings. The van der Waals surface area contributed by atoms with Gasteiger partial charge in [0.25, 0.3) is 0 Å². The van der Waals surface area contributed by atoms with E-state index < -0.39 is 0 Å². The maximum atomic E-state index is 5.16. The number of hydrogen-bond donors (Lipinski definition) is 0. The minimum atomic E-state index is 0.899. The summed E-state index contributed by atoms with van der Waals surface area (Å²) in [5, 5.41) is 0. The maximum Gasteiger partial charge on any atom is 0.0196 e. The van der Waals surface area contributed by atoms with Gasteiger partial charge in [-0.25, -0.2) is 0 Å². The summed E-state index contributed by atoms with van der Waals surface area (Å²) in [6.45, 7) is 0. The van der Waals surface area contributed by atoms with Gasteiger partial charge < -0.3 is 0 Å². The lowest BCUT2D eigenvalue weighted by Gasteiger charge is -2.09. The summed E-state index contributed by atoms with van der Waals surface area (Å²) in [6.07, 6.45) is 7.04. The highest BCUT2D eigenvalue weighted by atomic mass is 32.1. The zero-order valence-corrected chi connectivity index (χ0v) is 8.05. The first-order valence-corrected chi connectivity index (χ1v) is 4.72. The van der Waals surface area contributed by atoms with Crippen LogP contribution in [0.3, 0.4) is 0 Å². The van der Waals surface area contributed by atoms with E-state index in [0.29, 0.717) is 0 Å². The molecular weight excluding hydrogens is 176 g/mol. The van der Waals surface area contributed by atoms with Gasteiger partial charge in [0.1, 0.15) is 0 Å². The fourth-order valence-corrected chi connectivity index (χ4v) is 1.66. The molecule has 0 saturated carbocycles. The molecular formula is C12H10S. The van der Waals surface area contributed by atoms with E-state index >= 15 is 0 Å². The molecule has 0 aliphatic heterocycles. The van der Waals surface area contributed by atoms with Crippen LogP contribution in [0.4, 0.5) is 0 Å². The van der Waals surface area contributed by atoms with Crippen molar-refractivity contribution in [2.24, 2.45) is 0 Å². The summed E-state index contributed by atoms with van der Waals surface area (Å²) in [6, 6.07) is 10.4. The van der Waals surface area contributed by atoms with E-state index in [2.05, 4.69) is 30.3 Å². The van der Waals surface area contributed by atoms with Crippen molar-refractivity contribution in [2.45, 2.75) is 6.42 Å². The molecule has 0 fully saturated rings. The number of thiocarbonyl (C=S) groups is 1. The van der Waals surface area contributed by atoms with Gasteiger partial charge in [0, 0.05) is 11.3 Å². The lowest BCUT2D eigenvalue weighted by atomic mass is 9.97. The minimum absolute atomic E-state index is 0.899. The number of rotatable bonds is 1. The topological polar surface area (TPSA) is 0 Å². The Hall–Kier alpha value is -1.21. The van der Waals surface area contributed by atoms with Crippen molar-refractivity contribution in [2.75, 3.05) is 0 Å². The largest absolute Gasteiger partial charge is 0.0846 e. The average molecular weight is 186 g/mol. The van der Waals surface area contributed by atoms with Crippen LogP contribution in [0.5, 0.6) is 0 Å². The molecule has 1 heteroatoms. The van der Waals surface area contributed by atoms with Gasteiger partial charge in [-0.05, 0) is 17.2 Å². The van der Waals surface area contributed by atoms with Gasteiger partial charge in [-0.15, -0.1) is 0 Å². The Morgan fingerprint density at radius 2 is 1.85 bits per heavy atom. The molecule has 2 rings (SSSR count). The van der Waals surface area contributed by atoms with Crippen LogP contribution in [0.1, 0.15) is 12.0 Å². The van der Waals surface area contributed by atoms with E-state index in [1.54, 1.807) is 0 Å². The van der Waals surface area contributed by atoms with Gasteiger partial charge in [0.15, 0.2) is 0 Å². The van der Waals surface area contributed by atoms with E-state index in [1.807, 2.05) is 18.2 Å². The van der Waals surface area contributed by atoms with Gasteiger partial charge in [-0.3, -0.25) is 0 Å². The Kier molecular flexibility index (Phi) is 2.37. The van der Waals surface area contributed by atoms with E-state index in [9.17, 15) is 0 Å². The third-order valence-corrected chi connectivity index (χ3v) is 2.37. The first kappa shape index (κ1) is 8.39. The molecule has 0 amide bonds. The van der Waals surface area contributed by atoms with Gasteiger partial charge in [0.05, 0.1) is 0 Å². The molecule has 0 atom stereocenters. The quantitative estimate of drug-likeness (QED) is 0.606. The van der Waals surface area contributed by atoms with Crippen molar-refractivity contribution in [3.05, 3.63) is 54.1 Å². The highest BCUT2D eigenvalue weighted by Gasteiger charge is 2.04. The molecule has 0 radical (unpaired) electrons. The van der Waals surface area contributed by atoms with Crippen LogP contribution >= 0.6 is 12.2 Å². The van der Waals surface area contributed by atoms with Crippen molar-refractivity contribution in [1.82, 2.24) is 0 Å². The van der Waals surface area contributed by atoms with Crippen molar-refractivity contribution >= 4 is 22.7 Å². The summed E-state index contributed by atoms with van der Waals surface area (Å²) < 4.78 is 0. The third kappa shape index (κ3) is 1.93. The zero-order valence-electron chi connectivity index (χ0n) is 7.23. The Labute approximate surface area is 83.6 Å². The van der Waals surface area contributed by atoms with Crippen LogP contribution in [0, 0.1) is 0 Å². The lowest BCUT2D eigenvalue weighted by Crippen LogP contribution is -1.96. The average Bonchev–Trinajstić information content (AvgIpc) is 2.19. The molecule has 1 aliphatic rings. The molecule has 1 aromatic carbocycles. The molecule has 0 spiro atoms. The second-order valence-corrected chi connectivity index (χ2v) is 3.58. The number of hydrogen-bond acceptors (Lipinski definition) is 1. The van der Waals surface area contributed by atoms with Gasteiger partial charge in [-0.1, -0.05) is 54.7 Å². The van der Waals surface area contributed by atoms with Crippen LogP contribution in [0.15, 0.2) is 48.6 Å².